The summed E-state index contributed by atoms with van der Waals surface area (Å²) in [5, 5.41) is 2.67. The largest absolute Gasteiger partial charge is 0.465 e. The second kappa shape index (κ2) is 8.10. The van der Waals surface area contributed by atoms with Gasteiger partial charge in [-0.2, -0.15) is 0 Å². The lowest BCUT2D eigenvalue weighted by atomic mass is 10.1. The summed E-state index contributed by atoms with van der Waals surface area (Å²) in [4.78, 5) is 37.6. The number of nitrogens with zero attached hydrogens (tertiary/aromatic N) is 1. The van der Waals surface area contributed by atoms with E-state index < -0.39 is 11.9 Å². The molecule has 0 spiro atoms. The Balaban J connectivity index is 2.20. The molecule has 25 heavy (non-hydrogen) atoms. The number of hydrogen-bond donors (Lipinski definition) is 1. The van der Waals surface area contributed by atoms with Crippen LogP contribution in [-0.4, -0.2) is 31.4 Å². The molecule has 6 nitrogen and oxygen atoms in total. The van der Waals surface area contributed by atoms with Crippen LogP contribution in [0.4, 0.5) is 11.4 Å². The smallest absolute Gasteiger partial charge is 0.339 e. The van der Waals surface area contributed by atoms with Crippen molar-refractivity contribution in [1.82, 2.24) is 0 Å². The predicted octanol–water partition coefficient (Wildman–Crippen LogP) is 2.77. The van der Waals surface area contributed by atoms with E-state index in [2.05, 4.69) is 5.32 Å². The first-order chi connectivity index (χ1) is 11.9. The molecule has 6 heteroatoms. The second-order valence-electron chi connectivity index (χ2n) is 5.48. The lowest BCUT2D eigenvalue weighted by Crippen LogP contribution is -2.37. The highest BCUT2D eigenvalue weighted by atomic mass is 16.5. The van der Waals surface area contributed by atoms with Crippen molar-refractivity contribution in [2.75, 3.05) is 23.9 Å². The Kier molecular flexibility index (Phi) is 5.89. The number of hydrogen-bond acceptors (Lipinski definition) is 4. The first-order valence-corrected chi connectivity index (χ1v) is 7.75. The van der Waals surface area contributed by atoms with E-state index in [1.807, 2.05) is 25.1 Å². The van der Waals surface area contributed by atoms with Gasteiger partial charge in [0.05, 0.1) is 18.4 Å². The van der Waals surface area contributed by atoms with Crippen molar-refractivity contribution >= 4 is 29.2 Å². The van der Waals surface area contributed by atoms with Crippen LogP contribution in [0.1, 0.15) is 22.8 Å². The Bertz CT molecular complexity index is 802. The molecule has 2 rings (SSSR count). The first kappa shape index (κ1) is 18.2. The molecule has 130 valence electrons. The molecule has 0 bridgehead atoms. The van der Waals surface area contributed by atoms with E-state index in [4.69, 9.17) is 4.74 Å². The van der Waals surface area contributed by atoms with Crippen molar-refractivity contribution in [1.29, 1.82) is 0 Å². The van der Waals surface area contributed by atoms with Crippen LogP contribution in [0, 0.1) is 6.92 Å². The molecule has 2 amide bonds. The van der Waals surface area contributed by atoms with E-state index in [1.165, 1.54) is 18.9 Å². The van der Waals surface area contributed by atoms with Crippen molar-refractivity contribution in [3.63, 3.8) is 0 Å². The van der Waals surface area contributed by atoms with Crippen molar-refractivity contribution in [3.8, 4) is 0 Å². The third-order valence-electron chi connectivity index (χ3n) is 3.69. The van der Waals surface area contributed by atoms with Crippen molar-refractivity contribution in [2.24, 2.45) is 0 Å². The Hall–Kier alpha value is -3.15. The molecule has 0 aliphatic carbocycles. The third-order valence-corrected chi connectivity index (χ3v) is 3.69. The fourth-order valence-electron chi connectivity index (χ4n) is 2.45. The summed E-state index contributed by atoms with van der Waals surface area (Å²) in [7, 11) is 1.27. The summed E-state index contributed by atoms with van der Waals surface area (Å²) < 4.78 is 4.71. The van der Waals surface area contributed by atoms with Gasteiger partial charge in [0.25, 0.3) is 0 Å². The Morgan fingerprint density at radius 2 is 1.68 bits per heavy atom. The number of aryl methyl sites for hydroxylation is 1. The zero-order chi connectivity index (χ0) is 18.4. The molecule has 0 aromatic heterocycles. The van der Waals surface area contributed by atoms with Gasteiger partial charge < -0.3 is 15.0 Å². The third kappa shape index (κ3) is 4.44. The van der Waals surface area contributed by atoms with Crippen molar-refractivity contribution < 1.29 is 19.1 Å². The monoisotopic (exact) mass is 340 g/mol. The van der Waals surface area contributed by atoms with Gasteiger partial charge in [0.15, 0.2) is 0 Å². The number of anilines is 2. The standard InChI is InChI=1S/C19H20N2O4/c1-13-8-4-7-11-17(13)21(14(2)22)12-18(23)20-16-10-6-5-9-15(16)19(24)25-3/h4-11H,12H2,1-3H3,(H,20,23). The molecule has 0 unspecified atom stereocenters. The zero-order valence-corrected chi connectivity index (χ0v) is 14.4. The van der Waals surface area contributed by atoms with E-state index >= 15 is 0 Å². The molecule has 0 fully saturated rings. The maximum absolute atomic E-state index is 12.4. The van der Waals surface area contributed by atoms with Gasteiger partial charge in [-0.15, -0.1) is 0 Å². The summed E-state index contributed by atoms with van der Waals surface area (Å²) in [6, 6.07) is 13.9. The Labute approximate surface area is 146 Å². The van der Waals surface area contributed by atoms with Crippen LogP contribution in [0.5, 0.6) is 0 Å². The van der Waals surface area contributed by atoms with Gasteiger partial charge in [0, 0.05) is 12.6 Å². The molecule has 0 saturated heterocycles. The van der Waals surface area contributed by atoms with Crippen LogP contribution in [0.25, 0.3) is 0 Å². The molecule has 0 aliphatic rings. The second-order valence-corrected chi connectivity index (χ2v) is 5.48. The van der Waals surface area contributed by atoms with Crippen molar-refractivity contribution in [3.05, 3.63) is 59.7 Å². The van der Waals surface area contributed by atoms with Gasteiger partial charge in [0.1, 0.15) is 6.54 Å². The highest BCUT2D eigenvalue weighted by Gasteiger charge is 2.19. The minimum atomic E-state index is -0.543. The predicted molar refractivity (Wildman–Crippen MR) is 95.6 cm³/mol. The van der Waals surface area contributed by atoms with Gasteiger partial charge in [-0.3, -0.25) is 9.59 Å². The molecular formula is C19H20N2O4. The van der Waals surface area contributed by atoms with E-state index in [0.717, 1.165) is 5.56 Å². The Morgan fingerprint density at radius 1 is 1.04 bits per heavy atom. The van der Waals surface area contributed by atoms with Crippen molar-refractivity contribution in [2.45, 2.75) is 13.8 Å². The maximum atomic E-state index is 12.4. The minimum Gasteiger partial charge on any atom is -0.465 e. The average molecular weight is 340 g/mol. The minimum absolute atomic E-state index is 0.157. The van der Waals surface area contributed by atoms with E-state index in [9.17, 15) is 14.4 Å². The summed E-state index contributed by atoms with van der Waals surface area (Å²) in [6.45, 7) is 3.12. The highest BCUT2D eigenvalue weighted by molar-refractivity contribution is 6.05. The number of esters is 1. The number of rotatable bonds is 5. The zero-order valence-electron chi connectivity index (χ0n) is 14.4. The van der Waals surface area contributed by atoms with Gasteiger partial charge >= 0.3 is 5.97 Å². The van der Waals surface area contributed by atoms with E-state index in [0.29, 0.717) is 11.4 Å². The average Bonchev–Trinajstić information content (AvgIpc) is 2.60. The van der Waals surface area contributed by atoms with Gasteiger partial charge in [-0.25, -0.2) is 4.79 Å². The maximum Gasteiger partial charge on any atom is 0.339 e. The molecule has 2 aromatic carbocycles. The van der Waals surface area contributed by atoms with Gasteiger partial charge in [0.2, 0.25) is 11.8 Å². The lowest BCUT2D eigenvalue weighted by molar-refractivity contribution is -0.120. The number of ether oxygens (including phenoxy) is 1. The summed E-state index contributed by atoms with van der Waals surface area (Å²) in [5.41, 5.74) is 2.16. The van der Waals surface area contributed by atoms with Crippen LogP contribution in [0.2, 0.25) is 0 Å². The number of carbonyl (C=O) groups excluding carboxylic acids is 3. The molecule has 0 atom stereocenters. The van der Waals surface area contributed by atoms with Crippen LogP contribution in [0.3, 0.4) is 0 Å². The number of methoxy groups -OCH3 is 1. The summed E-state index contributed by atoms with van der Waals surface area (Å²) in [6.07, 6.45) is 0. The van der Waals surface area contributed by atoms with E-state index in [1.54, 1.807) is 30.3 Å². The molecule has 0 radical (unpaired) electrons. The summed E-state index contributed by atoms with van der Waals surface area (Å²) in [5.74, 6) is -1.20. The summed E-state index contributed by atoms with van der Waals surface area (Å²) >= 11 is 0. The fraction of sp³-hybridized carbons (Fsp3) is 0.211. The Morgan fingerprint density at radius 3 is 2.32 bits per heavy atom. The molecule has 0 aliphatic heterocycles. The molecule has 0 heterocycles. The SMILES string of the molecule is COC(=O)c1ccccc1NC(=O)CN(C(C)=O)c1ccccc1C. The van der Waals surface area contributed by atoms with Gasteiger partial charge in [-0.05, 0) is 30.7 Å². The number of nitrogens with one attached hydrogen (secondary N) is 1. The lowest BCUT2D eigenvalue weighted by Gasteiger charge is -2.22. The fourth-order valence-corrected chi connectivity index (χ4v) is 2.45. The van der Waals surface area contributed by atoms with Crippen LogP contribution >= 0.6 is 0 Å². The van der Waals surface area contributed by atoms with Crippen LogP contribution < -0.4 is 10.2 Å². The van der Waals surface area contributed by atoms with Crippen LogP contribution in [-0.2, 0) is 14.3 Å². The quantitative estimate of drug-likeness (QED) is 0.849. The molecular weight excluding hydrogens is 320 g/mol. The topological polar surface area (TPSA) is 75.7 Å². The van der Waals surface area contributed by atoms with Crippen LogP contribution in [0.15, 0.2) is 48.5 Å². The number of benzene rings is 2. The number of amides is 2. The van der Waals surface area contributed by atoms with Gasteiger partial charge in [-0.1, -0.05) is 30.3 Å². The number of para-hydroxylation sites is 2. The van der Waals surface area contributed by atoms with E-state index in [-0.39, 0.29) is 18.0 Å². The highest BCUT2D eigenvalue weighted by Crippen LogP contribution is 2.20. The molecule has 0 saturated carbocycles. The first-order valence-electron chi connectivity index (χ1n) is 7.75. The normalized spacial score (nSPS) is 10.0. The molecule has 1 N–H and O–H groups in total. The number of carbonyl (C=O) groups is 3. The molecule has 2 aromatic rings.